The fourth-order valence-electron chi connectivity index (χ4n) is 3.28. The Balaban J connectivity index is 1.59. The largest absolute Gasteiger partial charge is 0.340 e. The highest BCUT2D eigenvalue weighted by Crippen LogP contribution is 2.20. The molecule has 1 saturated heterocycles. The van der Waals surface area contributed by atoms with Crippen molar-refractivity contribution in [2.75, 3.05) is 39.8 Å². The van der Waals surface area contributed by atoms with Crippen molar-refractivity contribution in [3.05, 3.63) is 34.9 Å². The number of likely N-dealkylation sites (N-methyl/N-ethyl adjacent to an activating group) is 1. The van der Waals surface area contributed by atoms with Crippen molar-refractivity contribution in [2.45, 2.75) is 25.8 Å². The minimum atomic E-state index is 0.310. The fraction of sp³-hybridized carbons (Fsp3) is 0.588. The van der Waals surface area contributed by atoms with E-state index in [-0.39, 0.29) is 0 Å². The molecule has 1 fully saturated rings. The quantitative estimate of drug-likeness (QED) is 0.902. The van der Waals surface area contributed by atoms with E-state index >= 15 is 0 Å². The number of carbonyl (C=O) groups is 1. The second-order valence-electron chi connectivity index (χ2n) is 6.17. The lowest BCUT2D eigenvalue weighted by molar-refractivity contribution is -0.132. The third-order valence-corrected chi connectivity index (χ3v) is 4.71. The maximum Gasteiger partial charge on any atom is 0.222 e. The summed E-state index contributed by atoms with van der Waals surface area (Å²) < 4.78 is 0. The lowest BCUT2D eigenvalue weighted by Gasteiger charge is -2.32. The molecule has 2 heterocycles. The molecule has 4 nitrogen and oxygen atoms in total. The van der Waals surface area contributed by atoms with Crippen LogP contribution in [0.3, 0.4) is 0 Å². The number of amides is 1. The van der Waals surface area contributed by atoms with Crippen molar-refractivity contribution in [3.63, 3.8) is 0 Å². The van der Waals surface area contributed by atoms with Crippen LogP contribution in [-0.2, 0) is 24.2 Å². The molecule has 2 aliphatic rings. The molecule has 0 spiro atoms. The van der Waals surface area contributed by atoms with Gasteiger partial charge in [0.15, 0.2) is 0 Å². The zero-order chi connectivity index (χ0) is 14.7. The molecule has 1 N–H and O–H groups in total. The summed E-state index contributed by atoms with van der Waals surface area (Å²) in [5.74, 6) is 0.310. The maximum atomic E-state index is 12.3. The van der Waals surface area contributed by atoms with E-state index in [1.807, 2.05) is 4.90 Å². The van der Waals surface area contributed by atoms with Crippen LogP contribution in [0.25, 0.3) is 0 Å². The monoisotopic (exact) mass is 287 g/mol. The van der Waals surface area contributed by atoms with Crippen LogP contribution in [0.2, 0.25) is 0 Å². The summed E-state index contributed by atoms with van der Waals surface area (Å²) in [6.07, 6.45) is 2.62. The predicted molar refractivity (Wildman–Crippen MR) is 84.3 cm³/mol. The number of hydrogen-bond donors (Lipinski definition) is 1. The number of benzene rings is 1. The molecular weight excluding hydrogens is 262 g/mol. The van der Waals surface area contributed by atoms with Gasteiger partial charge in [-0.1, -0.05) is 18.2 Å². The molecule has 2 aliphatic heterocycles. The van der Waals surface area contributed by atoms with Crippen molar-refractivity contribution in [1.82, 2.24) is 15.1 Å². The van der Waals surface area contributed by atoms with Gasteiger partial charge in [0, 0.05) is 39.1 Å². The van der Waals surface area contributed by atoms with Crippen LogP contribution < -0.4 is 5.32 Å². The number of hydrogen-bond acceptors (Lipinski definition) is 3. The molecule has 0 saturated carbocycles. The first-order valence-corrected chi connectivity index (χ1v) is 8.01. The van der Waals surface area contributed by atoms with Crippen molar-refractivity contribution in [2.24, 2.45) is 0 Å². The number of nitrogens with one attached hydrogen (secondary N) is 1. The van der Waals surface area contributed by atoms with Gasteiger partial charge < -0.3 is 15.1 Å². The Labute approximate surface area is 127 Å². The normalized spacial score (nSPS) is 19.4. The van der Waals surface area contributed by atoms with Crippen LogP contribution in [0, 0.1) is 0 Å². The zero-order valence-electron chi connectivity index (χ0n) is 12.9. The Hall–Kier alpha value is -1.39. The van der Waals surface area contributed by atoms with Gasteiger partial charge in [-0.05, 0) is 43.1 Å². The molecule has 0 aliphatic carbocycles. The van der Waals surface area contributed by atoms with Gasteiger partial charge in [0.1, 0.15) is 0 Å². The summed E-state index contributed by atoms with van der Waals surface area (Å²) in [7, 11) is 2.12. The molecule has 0 atom stereocenters. The Morgan fingerprint density at radius 3 is 2.86 bits per heavy atom. The average molecular weight is 287 g/mol. The van der Waals surface area contributed by atoms with E-state index in [0.717, 1.165) is 52.1 Å². The number of piperazine rings is 1. The lowest BCUT2D eigenvalue weighted by Crippen LogP contribution is -2.47. The van der Waals surface area contributed by atoms with Crippen LogP contribution in [0.15, 0.2) is 18.2 Å². The first kappa shape index (κ1) is 14.5. The van der Waals surface area contributed by atoms with Crippen LogP contribution in [0.5, 0.6) is 0 Å². The summed E-state index contributed by atoms with van der Waals surface area (Å²) in [6, 6.07) is 6.55. The van der Waals surface area contributed by atoms with Crippen LogP contribution >= 0.6 is 0 Å². The molecule has 1 amide bonds. The Morgan fingerprint density at radius 1 is 1.24 bits per heavy atom. The van der Waals surface area contributed by atoms with E-state index in [2.05, 4.69) is 35.5 Å². The minimum absolute atomic E-state index is 0.310. The number of rotatable bonds is 3. The smallest absolute Gasteiger partial charge is 0.222 e. The van der Waals surface area contributed by atoms with Gasteiger partial charge in [0.2, 0.25) is 5.91 Å². The highest BCUT2D eigenvalue weighted by Gasteiger charge is 2.19. The summed E-state index contributed by atoms with van der Waals surface area (Å²) in [5, 5.41) is 3.44. The SMILES string of the molecule is CN1CCN(C(=O)CCc2cccc3c2CNCC3)CC1. The third-order valence-electron chi connectivity index (χ3n) is 4.71. The number of fused-ring (bicyclic) bond motifs is 1. The molecule has 1 aromatic carbocycles. The first-order chi connectivity index (χ1) is 10.2. The van der Waals surface area contributed by atoms with Crippen LogP contribution in [-0.4, -0.2) is 55.5 Å². The second-order valence-corrected chi connectivity index (χ2v) is 6.17. The zero-order valence-corrected chi connectivity index (χ0v) is 12.9. The number of aryl methyl sites for hydroxylation is 1. The second kappa shape index (κ2) is 6.58. The third kappa shape index (κ3) is 3.44. The topological polar surface area (TPSA) is 35.6 Å². The lowest BCUT2D eigenvalue weighted by atomic mass is 9.93. The molecule has 21 heavy (non-hydrogen) atoms. The Morgan fingerprint density at radius 2 is 2.05 bits per heavy atom. The maximum absolute atomic E-state index is 12.3. The van der Waals surface area contributed by atoms with Gasteiger partial charge in [-0.25, -0.2) is 0 Å². The van der Waals surface area contributed by atoms with E-state index in [1.54, 1.807) is 0 Å². The van der Waals surface area contributed by atoms with Crippen LogP contribution in [0.1, 0.15) is 23.1 Å². The van der Waals surface area contributed by atoms with Gasteiger partial charge >= 0.3 is 0 Å². The van der Waals surface area contributed by atoms with Crippen LogP contribution in [0.4, 0.5) is 0 Å². The van der Waals surface area contributed by atoms with E-state index < -0.39 is 0 Å². The number of nitrogens with zero attached hydrogens (tertiary/aromatic N) is 2. The van der Waals surface area contributed by atoms with Crippen molar-refractivity contribution in [3.8, 4) is 0 Å². The first-order valence-electron chi connectivity index (χ1n) is 8.01. The van der Waals surface area contributed by atoms with Gasteiger partial charge in [0.25, 0.3) is 0 Å². The molecule has 114 valence electrons. The molecule has 0 radical (unpaired) electrons. The molecule has 1 aromatic rings. The van der Waals surface area contributed by atoms with Gasteiger partial charge in [-0.15, -0.1) is 0 Å². The Bertz CT molecular complexity index is 507. The minimum Gasteiger partial charge on any atom is -0.340 e. The van der Waals surface area contributed by atoms with Gasteiger partial charge in [0.05, 0.1) is 0 Å². The van der Waals surface area contributed by atoms with Crippen molar-refractivity contribution < 1.29 is 4.79 Å². The standard InChI is InChI=1S/C17H25N3O/c1-19-9-11-20(12-10-19)17(21)6-5-14-3-2-4-15-7-8-18-13-16(14)15/h2-4,18H,5-13H2,1H3. The van der Waals surface area contributed by atoms with E-state index in [9.17, 15) is 4.79 Å². The fourth-order valence-corrected chi connectivity index (χ4v) is 3.28. The Kier molecular flexibility index (Phi) is 4.56. The molecule has 0 aromatic heterocycles. The van der Waals surface area contributed by atoms with Crippen molar-refractivity contribution in [1.29, 1.82) is 0 Å². The van der Waals surface area contributed by atoms with E-state index in [4.69, 9.17) is 0 Å². The summed E-state index contributed by atoms with van der Waals surface area (Å²) in [6.45, 7) is 5.77. The highest BCUT2D eigenvalue weighted by molar-refractivity contribution is 5.76. The molecular formula is C17H25N3O. The summed E-state index contributed by atoms with van der Waals surface area (Å²) >= 11 is 0. The van der Waals surface area contributed by atoms with Crippen molar-refractivity contribution >= 4 is 5.91 Å². The van der Waals surface area contributed by atoms with Gasteiger partial charge in [-0.2, -0.15) is 0 Å². The molecule has 4 heteroatoms. The molecule has 3 rings (SSSR count). The summed E-state index contributed by atoms with van der Waals surface area (Å²) in [5.41, 5.74) is 4.23. The highest BCUT2D eigenvalue weighted by atomic mass is 16.2. The average Bonchev–Trinajstić information content (AvgIpc) is 2.53. The predicted octanol–water partition coefficient (Wildman–Crippen LogP) is 1.04. The van der Waals surface area contributed by atoms with E-state index in [0.29, 0.717) is 12.3 Å². The van der Waals surface area contributed by atoms with E-state index in [1.165, 1.54) is 16.7 Å². The number of carbonyl (C=O) groups excluding carboxylic acids is 1. The molecule has 0 bridgehead atoms. The van der Waals surface area contributed by atoms with Gasteiger partial charge in [-0.3, -0.25) is 4.79 Å². The summed E-state index contributed by atoms with van der Waals surface area (Å²) in [4.78, 5) is 16.6. The molecule has 0 unspecified atom stereocenters.